The van der Waals surface area contributed by atoms with Gasteiger partial charge in [-0.1, -0.05) is 18.9 Å². The van der Waals surface area contributed by atoms with E-state index in [2.05, 4.69) is 10.6 Å². The Kier molecular flexibility index (Phi) is 4.39. The second kappa shape index (κ2) is 6.32. The van der Waals surface area contributed by atoms with Crippen LogP contribution >= 0.6 is 0 Å². The van der Waals surface area contributed by atoms with E-state index in [0.717, 1.165) is 37.9 Å². The number of hydrogen-bond donors (Lipinski definition) is 2. The summed E-state index contributed by atoms with van der Waals surface area (Å²) in [7, 11) is 1.36. The third-order valence-corrected chi connectivity index (χ3v) is 5.40. The number of benzene rings is 1. The largest absolute Gasteiger partial charge is 0.465 e. The van der Waals surface area contributed by atoms with E-state index in [9.17, 15) is 9.59 Å². The quantitative estimate of drug-likeness (QED) is 0.841. The number of amides is 1. The number of carbonyl (C=O) groups excluding carboxylic acids is 2. The fourth-order valence-corrected chi connectivity index (χ4v) is 3.94. The SMILES string of the molecule is COC(=O)c1ccc(C)c(NC(=O)[C@@]23CCCC[C@H]2CNC3)c1. The molecule has 0 unspecified atom stereocenters. The fraction of sp³-hybridized carbons (Fsp3) is 0.556. The summed E-state index contributed by atoms with van der Waals surface area (Å²) < 4.78 is 4.76. The Labute approximate surface area is 136 Å². The molecule has 1 saturated carbocycles. The van der Waals surface area contributed by atoms with Gasteiger partial charge >= 0.3 is 5.97 Å². The lowest BCUT2D eigenvalue weighted by molar-refractivity contribution is -0.128. The Morgan fingerprint density at radius 2 is 2.17 bits per heavy atom. The Bertz CT molecular complexity index is 629. The maximum absolute atomic E-state index is 13.0. The number of methoxy groups -OCH3 is 1. The number of esters is 1. The molecule has 3 rings (SSSR count). The maximum Gasteiger partial charge on any atom is 0.337 e. The van der Waals surface area contributed by atoms with Crippen LogP contribution in [0.15, 0.2) is 18.2 Å². The van der Waals surface area contributed by atoms with Gasteiger partial charge in [0, 0.05) is 12.2 Å². The van der Waals surface area contributed by atoms with Crippen LogP contribution in [-0.4, -0.2) is 32.1 Å². The van der Waals surface area contributed by atoms with Gasteiger partial charge in [-0.05, 0) is 49.9 Å². The summed E-state index contributed by atoms with van der Waals surface area (Å²) in [5, 5.41) is 6.46. The van der Waals surface area contributed by atoms with Gasteiger partial charge in [-0.2, -0.15) is 0 Å². The molecule has 124 valence electrons. The zero-order chi connectivity index (χ0) is 16.4. The van der Waals surface area contributed by atoms with Crippen molar-refractivity contribution in [1.29, 1.82) is 0 Å². The monoisotopic (exact) mass is 316 g/mol. The second-order valence-electron chi connectivity index (χ2n) is 6.71. The lowest BCUT2D eigenvalue weighted by Crippen LogP contribution is -2.44. The minimum Gasteiger partial charge on any atom is -0.465 e. The van der Waals surface area contributed by atoms with Crippen molar-refractivity contribution in [3.63, 3.8) is 0 Å². The minimum absolute atomic E-state index is 0.0808. The van der Waals surface area contributed by atoms with Crippen molar-refractivity contribution in [3.8, 4) is 0 Å². The molecule has 0 bridgehead atoms. The molecule has 1 aliphatic carbocycles. The molecule has 23 heavy (non-hydrogen) atoms. The number of ether oxygens (including phenoxy) is 1. The van der Waals surface area contributed by atoms with Gasteiger partial charge in [0.05, 0.1) is 18.1 Å². The average Bonchev–Trinajstić information content (AvgIpc) is 3.01. The lowest BCUT2D eigenvalue weighted by atomic mass is 9.67. The zero-order valence-corrected chi connectivity index (χ0v) is 13.8. The van der Waals surface area contributed by atoms with E-state index in [1.807, 2.05) is 13.0 Å². The smallest absolute Gasteiger partial charge is 0.337 e. The summed E-state index contributed by atoms with van der Waals surface area (Å²) in [5.74, 6) is 0.106. The topological polar surface area (TPSA) is 67.4 Å². The van der Waals surface area contributed by atoms with E-state index >= 15 is 0 Å². The molecule has 5 heteroatoms. The first-order chi connectivity index (χ1) is 11.1. The molecule has 2 fully saturated rings. The van der Waals surface area contributed by atoms with Gasteiger partial charge in [-0.25, -0.2) is 4.79 Å². The number of rotatable bonds is 3. The Hall–Kier alpha value is -1.88. The molecular formula is C18H24N2O3. The van der Waals surface area contributed by atoms with Gasteiger partial charge < -0.3 is 15.4 Å². The molecule has 1 aliphatic heterocycles. The highest BCUT2D eigenvalue weighted by atomic mass is 16.5. The highest BCUT2D eigenvalue weighted by Gasteiger charge is 2.49. The van der Waals surface area contributed by atoms with Gasteiger partial charge in [0.25, 0.3) is 0 Å². The van der Waals surface area contributed by atoms with Crippen molar-refractivity contribution in [2.24, 2.45) is 11.3 Å². The highest BCUT2D eigenvalue weighted by molar-refractivity contribution is 5.98. The van der Waals surface area contributed by atoms with E-state index < -0.39 is 5.97 Å². The summed E-state index contributed by atoms with van der Waals surface area (Å²) in [5.41, 5.74) is 1.80. The molecule has 2 N–H and O–H groups in total. The van der Waals surface area contributed by atoms with Crippen molar-refractivity contribution in [2.75, 3.05) is 25.5 Å². The third-order valence-electron chi connectivity index (χ3n) is 5.40. The van der Waals surface area contributed by atoms with Crippen molar-refractivity contribution >= 4 is 17.6 Å². The van der Waals surface area contributed by atoms with E-state index in [0.29, 0.717) is 17.2 Å². The molecule has 0 aromatic heterocycles. The first-order valence-corrected chi connectivity index (χ1v) is 8.28. The van der Waals surface area contributed by atoms with Crippen molar-refractivity contribution in [2.45, 2.75) is 32.6 Å². The summed E-state index contributed by atoms with van der Waals surface area (Å²) in [6, 6.07) is 5.26. The van der Waals surface area contributed by atoms with Crippen LogP contribution in [0.1, 0.15) is 41.6 Å². The van der Waals surface area contributed by atoms with Crippen LogP contribution in [-0.2, 0) is 9.53 Å². The van der Waals surface area contributed by atoms with Gasteiger partial charge in [0.2, 0.25) is 5.91 Å². The maximum atomic E-state index is 13.0. The summed E-state index contributed by atoms with van der Waals surface area (Å²) in [6.07, 6.45) is 4.36. The summed E-state index contributed by atoms with van der Waals surface area (Å²) >= 11 is 0. The van der Waals surface area contributed by atoms with Crippen molar-refractivity contribution in [1.82, 2.24) is 5.32 Å². The van der Waals surface area contributed by atoms with E-state index in [-0.39, 0.29) is 11.3 Å². The minimum atomic E-state index is -0.392. The van der Waals surface area contributed by atoms with Crippen LogP contribution in [0, 0.1) is 18.3 Å². The molecule has 2 atom stereocenters. The molecule has 1 aromatic rings. The molecular weight excluding hydrogens is 292 g/mol. The number of anilines is 1. The lowest BCUT2D eigenvalue weighted by Gasteiger charge is -2.37. The average molecular weight is 316 g/mol. The molecule has 0 spiro atoms. The Balaban J connectivity index is 1.83. The summed E-state index contributed by atoms with van der Waals surface area (Å²) in [6.45, 7) is 3.60. The first kappa shape index (κ1) is 16.0. The van der Waals surface area contributed by atoms with Crippen LogP contribution in [0.4, 0.5) is 5.69 Å². The van der Waals surface area contributed by atoms with Gasteiger partial charge in [-0.3, -0.25) is 4.79 Å². The molecule has 1 aromatic carbocycles. The predicted octanol–water partition coefficient (Wildman–Crippen LogP) is 2.50. The van der Waals surface area contributed by atoms with Gasteiger partial charge in [-0.15, -0.1) is 0 Å². The van der Waals surface area contributed by atoms with Crippen molar-refractivity contribution < 1.29 is 14.3 Å². The number of carbonyl (C=O) groups is 2. The number of nitrogens with one attached hydrogen (secondary N) is 2. The predicted molar refractivity (Wildman–Crippen MR) is 88.4 cm³/mol. The molecule has 1 heterocycles. The van der Waals surface area contributed by atoms with Crippen LogP contribution in [0.25, 0.3) is 0 Å². The van der Waals surface area contributed by atoms with E-state index in [4.69, 9.17) is 4.74 Å². The normalized spacial score (nSPS) is 26.4. The second-order valence-corrected chi connectivity index (χ2v) is 6.71. The molecule has 2 aliphatic rings. The standard InChI is InChI=1S/C18H24N2O3/c1-12-6-7-13(16(21)23-2)9-15(12)20-17(22)18-8-4-3-5-14(18)10-19-11-18/h6-7,9,14,19H,3-5,8,10-11H2,1-2H3,(H,20,22)/t14-,18+/m0/s1. The van der Waals surface area contributed by atoms with Gasteiger partial charge in [0.1, 0.15) is 0 Å². The molecule has 1 saturated heterocycles. The molecule has 0 radical (unpaired) electrons. The van der Waals surface area contributed by atoms with E-state index in [1.165, 1.54) is 13.5 Å². The highest BCUT2D eigenvalue weighted by Crippen LogP contribution is 2.44. The van der Waals surface area contributed by atoms with Crippen LogP contribution in [0.2, 0.25) is 0 Å². The van der Waals surface area contributed by atoms with Crippen LogP contribution in [0.3, 0.4) is 0 Å². The van der Waals surface area contributed by atoms with Gasteiger partial charge in [0.15, 0.2) is 0 Å². The molecule has 1 amide bonds. The third kappa shape index (κ3) is 2.85. The summed E-state index contributed by atoms with van der Waals surface area (Å²) in [4.78, 5) is 24.7. The van der Waals surface area contributed by atoms with Crippen LogP contribution < -0.4 is 10.6 Å². The fourth-order valence-electron chi connectivity index (χ4n) is 3.94. The van der Waals surface area contributed by atoms with Crippen molar-refractivity contribution in [3.05, 3.63) is 29.3 Å². The number of fused-ring (bicyclic) bond motifs is 1. The number of aryl methyl sites for hydroxylation is 1. The Morgan fingerprint density at radius 3 is 2.96 bits per heavy atom. The Morgan fingerprint density at radius 1 is 1.35 bits per heavy atom. The van der Waals surface area contributed by atoms with Crippen LogP contribution in [0.5, 0.6) is 0 Å². The van der Waals surface area contributed by atoms with E-state index in [1.54, 1.807) is 12.1 Å². The first-order valence-electron chi connectivity index (χ1n) is 8.28. The molecule has 5 nitrogen and oxygen atoms in total. The number of hydrogen-bond acceptors (Lipinski definition) is 4. The zero-order valence-electron chi connectivity index (χ0n) is 13.8.